The Hall–Kier alpha value is -2.02. The summed E-state index contributed by atoms with van der Waals surface area (Å²) in [6.45, 7) is 10.4. The van der Waals surface area contributed by atoms with Gasteiger partial charge < -0.3 is 10.2 Å². The van der Waals surface area contributed by atoms with Gasteiger partial charge in [-0.1, -0.05) is 20.8 Å². The molecular formula is C19H28N6O. The Bertz CT molecular complexity index is 800. The molecule has 2 fully saturated rings. The Morgan fingerprint density at radius 1 is 1.19 bits per heavy atom. The van der Waals surface area contributed by atoms with E-state index in [9.17, 15) is 4.79 Å². The SMILES string of the molecule is CC(C)(C)c1ccc2nnc(C3CCN(CC4CNC(=O)C4)CC3)n2n1. The lowest BCUT2D eigenvalue weighted by Gasteiger charge is -2.32. The maximum Gasteiger partial charge on any atom is 0.220 e. The molecule has 2 saturated heterocycles. The first-order valence-electron chi connectivity index (χ1n) is 9.62. The van der Waals surface area contributed by atoms with Gasteiger partial charge in [-0.2, -0.15) is 9.61 Å². The lowest BCUT2D eigenvalue weighted by molar-refractivity contribution is -0.119. The number of carbonyl (C=O) groups excluding carboxylic acids is 1. The van der Waals surface area contributed by atoms with Crippen LogP contribution in [0.5, 0.6) is 0 Å². The topological polar surface area (TPSA) is 75.4 Å². The van der Waals surface area contributed by atoms with E-state index in [2.05, 4.69) is 41.2 Å². The summed E-state index contributed by atoms with van der Waals surface area (Å²) in [7, 11) is 0. The van der Waals surface area contributed by atoms with Crippen molar-refractivity contribution in [3.63, 3.8) is 0 Å². The van der Waals surface area contributed by atoms with E-state index in [-0.39, 0.29) is 11.3 Å². The van der Waals surface area contributed by atoms with E-state index in [4.69, 9.17) is 5.10 Å². The van der Waals surface area contributed by atoms with E-state index in [1.165, 1.54) is 0 Å². The lowest BCUT2D eigenvalue weighted by Crippen LogP contribution is -2.37. The third-order valence-electron chi connectivity index (χ3n) is 5.59. The van der Waals surface area contributed by atoms with Gasteiger partial charge in [-0.05, 0) is 44.0 Å². The zero-order chi connectivity index (χ0) is 18.3. The summed E-state index contributed by atoms with van der Waals surface area (Å²) in [5.41, 5.74) is 1.89. The van der Waals surface area contributed by atoms with Gasteiger partial charge in [0.1, 0.15) is 0 Å². The summed E-state index contributed by atoms with van der Waals surface area (Å²) in [6, 6.07) is 4.07. The molecule has 0 radical (unpaired) electrons. The second kappa shape index (κ2) is 6.61. The molecule has 2 aromatic rings. The first kappa shape index (κ1) is 17.4. The second-order valence-electron chi connectivity index (χ2n) is 8.75. The Morgan fingerprint density at radius 2 is 1.96 bits per heavy atom. The van der Waals surface area contributed by atoms with Crippen molar-refractivity contribution in [2.45, 2.75) is 51.4 Å². The van der Waals surface area contributed by atoms with Crippen LogP contribution in [0.2, 0.25) is 0 Å². The molecule has 2 aliphatic rings. The molecule has 0 spiro atoms. The van der Waals surface area contributed by atoms with E-state index in [0.29, 0.717) is 18.3 Å². The standard InChI is InChI=1S/C19H28N6O/c1-19(2,3)15-4-5-16-21-22-18(25(16)23-15)14-6-8-24(9-7-14)12-13-10-17(26)20-11-13/h4-5,13-14H,6-12H2,1-3H3,(H,20,26). The highest BCUT2D eigenvalue weighted by Gasteiger charge is 2.29. The maximum atomic E-state index is 11.4. The zero-order valence-corrected chi connectivity index (χ0v) is 15.9. The van der Waals surface area contributed by atoms with Crippen LogP contribution in [0.3, 0.4) is 0 Å². The van der Waals surface area contributed by atoms with Crippen molar-refractivity contribution in [1.29, 1.82) is 0 Å². The van der Waals surface area contributed by atoms with Crippen LogP contribution >= 0.6 is 0 Å². The minimum Gasteiger partial charge on any atom is -0.356 e. The number of amides is 1. The summed E-state index contributed by atoms with van der Waals surface area (Å²) in [5.74, 6) is 2.04. The second-order valence-corrected chi connectivity index (χ2v) is 8.75. The number of rotatable bonds is 3. The molecule has 7 heteroatoms. The molecule has 1 N–H and O–H groups in total. The normalized spacial score (nSPS) is 22.9. The van der Waals surface area contributed by atoms with Crippen molar-refractivity contribution in [3.8, 4) is 0 Å². The molecule has 2 aromatic heterocycles. The highest BCUT2D eigenvalue weighted by atomic mass is 16.1. The van der Waals surface area contributed by atoms with Gasteiger partial charge in [0.05, 0.1) is 5.69 Å². The van der Waals surface area contributed by atoms with Gasteiger partial charge in [0.15, 0.2) is 11.5 Å². The summed E-state index contributed by atoms with van der Waals surface area (Å²) in [4.78, 5) is 13.9. The fraction of sp³-hybridized carbons (Fsp3) is 0.684. The minimum absolute atomic E-state index is 0.00580. The average Bonchev–Trinajstić information content (AvgIpc) is 3.20. The first-order valence-corrected chi connectivity index (χ1v) is 9.62. The van der Waals surface area contributed by atoms with E-state index in [1.807, 2.05) is 16.6 Å². The molecule has 1 amide bonds. The van der Waals surface area contributed by atoms with Crippen LogP contribution in [0.25, 0.3) is 5.65 Å². The van der Waals surface area contributed by atoms with E-state index < -0.39 is 0 Å². The molecule has 0 aliphatic carbocycles. The van der Waals surface area contributed by atoms with Crippen LogP contribution in [-0.4, -0.2) is 56.8 Å². The summed E-state index contributed by atoms with van der Waals surface area (Å²) >= 11 is 0. The van der Waals surface area contributed by atoms with Crippen molar-refractivity contribution >= 4 is 11.6 Å². The highest BCUT2D eigenvalue weighted by molar-refractivity contribution is 5.78. The molecule has 4 rings (SSSR count). The van der Waals surface area contributed by atoms with Crippen molar-refractivity contribution in [2.75, 3.05) is 26.2 Å². The summed E-state index contributed by atoms with van der Waals surface area (Å²) in [6.07, 6.45) is 2.81. The quantitative estimate of drug-likeness (QED) is 0.907. The molecule has 1 atom stereocenters. The van der Waals surface area contributed by atoms with E-state index in [0.717, 1.165) is 56.2 Å². The van der Waals surface area contributed by atoms with Crippen LogP contribution in [0.15, 0.2) is 12.1 Å². The number of hydrogen-bond acceptors (Lipinski definition) is 5. The number of nitrogens with one attached hydrogen (secondary N) is 1. The average molecular weight is 356 g/mol. The number of carbonyl (C=O) groups is 1. The summed E-state index contributed by atoms with van der Waals surface area (Å²) < 4.78 is 1.94. The molecule has 4 heterocycles. The van der Waals surface area contributed by atoms with Crippen LogP contribution in [0, 0.1) is 5.92 Å². The molecular weight excluding hydrogens is 328 g/mol. The van der Waals surface area contributed by atoms with Gasteiger partial charge >= 0.3 is 0 Å². The molecule has 26 heavy (non-hydrogen) atoms. The van der Waals surface area contributed by atoms with Gasteiger partial charge in [0.2, 0.25) is 5.91 Å². The van der Waals surface area contributed by atoms with E-state index in [1.54, 1.807) is 0 Å². The Kier molecular flexibility index (Phi) is 4.42. The Balaban J connectivity index is 1.45. The number of piperidine rings is 1. The van der Waals surface area contributed by atoms with Gasteiger partial charge in [-0.25, -0.2) is 0 Å². The van der Waals surface area contributed by atoms with Crippen molar-refractivity contribution < 1.29 is 4.79 Å². The number of nitrogens with zero attached hydrogens (tertiary/aromatic N) is 5. The number of fused-ring (bicyclic) bond motifs is 1. The van der Waals surface area contributed by atoms with Crippen LogP contribution in [0.4, 0.5) is 0 Å². The number of hydrogen-bond donors (Lipinski definition) is 1. The van der Waals surface area contributed by atoms with Crippen molar-refractivity contribution in [1.82, 2.24) is 30.0 Å². The van der Waals surface area contributed by atoms with Crippen LogP contribution in [-0.2, 0) is 10.2 Å². The zero-order valence-electron chi connectivity index (χ0n) is 15.9. The third-order valence-corrected chi connectivity index (χ3v) is 5.59. The van der Waals surface area contributed by atoms with Gasteiger partial charge in [0, 0.05) is 30.8 Å². The van der Waals surface area contributed by atoms with E-state index >= 15 is 0 Å². The fourth-order valence-corrected chi connectivity index (χ4v) is 3.99. The van der Waals surface area contributed by atoms with Crippen LogP contribution < -0.4 is 5.32 Å². The molecule has 0 aromatic carbocycles. The molecule has 0 bridgehead atoms. The van der Waals surface area contributed by atoms with Crippen molar-refractivity contribution in [3.05, 3.63) is 23.7 Å². The number of aromatic nitrogens is 4. The Labute approximate surface area is 154 Å². The Morgan fingerprint density at radius 3 is 2.62 bits per heavy atom. The molecule has 140 valence electrons. The summed E-state index contributed by atoms with van der Waals surface area (Å²) in [5, 5.41) is 16.5. The van der Waals surface area contributed by atoms with Gasteiger partial charge in [-0.3, -0.25) is 4.79 Å². The molecule has 2 aliphatic heterocycles. The van der Waals surface area contributed by atoms with Crippen LogP contribution in [0.1, 0.15) is 57.5 Å². The predicted octanol–water partition coefficient (Wildman–Crippen LogP) is 1.74. The van der Waals surface area contributed by atoms with Gasteiger partial charge in [0.25, 0.3) is 0 Å². The smallest absolute Gasteiger partial charge is 0.220 e. The number of likely N-dealkylation sites (tertiary alicyclic amines) is 1. The largest absolute Gasteiger partial charge is 0.356 e. The maximum absolute atomic E-state index is 11.4. The van der Waals surface area contributed by atoms with Crippen molar-refractivity contribution in [2.24, 2.45) is 5.92 Å². The lowest BCUT2D eigenvalue weighted by atomic mass is 9.92. The fourth-order valence-electron chi connectivity index (χ4n) is 3.99. The highest BCUT2D eigenvalue weighted by Crippen LogP contribution is 2.28. The first-order chi connectivity index (χ1) is 12.4. The third kappa shape index (κ3) is 3.45. The molecule has 1 unspecified atom stereocenters. The minimum atomic E-state index is 0.00580. The predicted molar refractivity (Wildman–Crippen MR) is 99.0 cm³/mol. The molecule has 7 nitrogen and oxygen atoms in total. The van der Waals surface area contributed by atoms with Gasteiger partial charge in [-0.15, -0.1) is 10.2 Å². The monoisotopic (exact) mass is 356 g/mol. The molecule has 0 saturated carbocycles.